The SMILES string of the molecule is CCn1nc(NC(=O)CCCC(=O)O)c2cc3cc(C)ccc3nc21. The van der Waals surface area contributed by atoms with Gasteiger partial charge in [0.2, 0.25) is 5.91 Å². The number of carbonyl (C=O) groups excluding carboxylic acids is 1. The lowest BCUT2D eigenvalue weighted by Gasteiger charge is -2.03. The molecule has 3 rings (SSSR count). The number of amides is 1. The fourth-order valence-corrected chi connectivity index (χ4v) is 2.79. The summed E-state index contributed by atoms with van der Waals surface area (Å²) in [6, 6.07) is 8.01. The van der Waals surface area contributed by atoms with Crippen LogP contribution in [0.3, 0.4) is 0 Å². The van der Waals surface area contributed by atoms with Crippen molar-refractivity contribution in [1.82, 2.24) is 14.8 Å². The Kier molecular flexibility index (Phi) is 4.65. The van der Waals surface area contributed by atoms with Gasteiger partial charge in [0, 0.05) is 24.8 Å². The summed E-state index contributed by atoms with van der Waals surface area (Å²) in [6.07, 6.45) is 0.421. The summed E-state index contributed by atoms with van der Waals surface area (Å²) in [5, 5.41) is 17.7. The molecule has 0 saturated heterocycles. The average Bonchev–Trinajstić information content (AvgIpc) is 2.89. The number of nitrogens with one attached hydrogen (secondary N) is 1. The largest absolute Gasteiger partial charge is 0.481 e. The lowest BCUT2D eigenvalue weighted by Crippen LogP contribution is -2.12. The molecule has 3 aromatic rings. The number of pyridine rings is 1. The molecule has 0 atom stereocenters. The highest BCUT2D eigenvalue weighted by molar-refractivity contribution is 6.02. The predicted molar refractivity (Wildman–Crippen MR) is 95.6 cm³/mol. The van der Waals surface area contributed by atoms with Crippen molar-refractivity contribution in [1.29, 1.82) is 0 Å². The number of carboxylic acids is 1. The van der Waals surface area contributed by atoms with E-state index in [4.69, 9.17) is 5.11 Å². The highest BCUT2D eigenvalue weighted by Gasteiger charge is 2.15. The molecule has 2 N–H and O–H groups in total. The Bertz CT molecular complexity index is 962. The molecule has 0 aliphatic carbocycles. The van der Waals surface area contributed by atoms with Crippen molar-refractivity contribution in [2.24, 2.45) is 0 Å². The van der Waals surface area contributed by atoms with E-state index < -0.39 is 5.97 Å². The summed E-state index contributed by atoms with van der Waals surface area (Å²) >= 11 is 0. The highest BCUT2D eigenvalue weighted by atomic mass is 16.4. The standard InChI is InChI=1S/C18H20N4O3/c1-3-22-18-13(10-12-9-11(2)7-8-14(12)19-18)17(21-22)20-15(23)5-4-6-16(24)25/h7-10H,3-6H2,1-2H3,(H,24,25)(H,20,21,23). The van der Waals surface area contributed by atoms with Gasteiger partial charge in [0.25, 0.3) is 0 Å². The number of nitrogens with zero attached hydrogens (tertiary/aromatic N) is 3. The monoisotopic (exact) mass is 340 g/mol. The second-order valence-electron chi connectivity index (χ2n) is 6.02. The molecular weight excluding hydrogens is 320 g/mol. The van der Waals surface area contributed by atoms with E-state index in [0.717, 1.165) is 27.5 Å². The molecule has 0 unspecified atom stereocenters. The molecule has 0 fully saturated rings. The van der Waals surface area contributed by atoms with Gasteiger partial charge in [-0.25, -0.2) is 9.67 Å². The van der Waals surface area contributed by atoms with Crippen molar-refractivity contribution < 1.29 is 14.7 Å². The molecule has 7 nitrogen and oxygen atoms in total. The average molecular weight is 340 g/mol. The van der Waals surface area contributed by atoms with Gasteiger partial charge in [-0.3, -0.25) is 9.59 Å². The number of fused-ring (bicyclic) bond motifs is 2. The minimum atomic E-state index is -0.903. The Morgan fingerprint density at radius 1 is 1.24 bits per heavy atom. The van der Waals surface area contributed by atoms with Crippen molar-refractivity contribution in [3.8, 4) is 0 Å². The maximum atomic E-state index is 12.1. The van der Waals surface area contributed by atoms with Crippen LogP contribution in [-0.2, 0) is 16.1 Å². The third kappa shape index (κ3) is 3.60. The number of aliphatic carboxylic acids is 1. The Morgan fingerprint density at radius 3 is 2.76 bits per heavy atom. The van der Waals surface area contributed by atoms with E-state index in [0.29, 0.717) is 18.8 Å². The first-order chi connectivity index (χ1) is 12.0. The topological polar surface area (TPSA) is 97.1 Å². The minimum absolute atomic E-state index is 0.0248. The number of benzene rings is 1. The molecule has 25 heavy (non-hydrogen) atoms. The van der Waals surface area contributed by atoms with E-state index in [-0.39, 0.29) is 18.7 Å². The van der Waals surface area contributed by atoms with Crippen LogP contribution in [0.5, 0.6) is 0 Å². The zero-order chi connectivity index (χ0) is 18.0. The van der Waals surface area contributed by atoms with Crippen molar-refractivity contribution in [3.05, 3.63) is 29.8 Å². The van der Waals surface area contributed by atoms with Gasteiger partial charge >= 0.3 is 5.97 Å². The number of aromatic nitrogens is 3. The molecule has 1 aromatic carbocycles. The Balaban J connectivity index is 1.94. The zero-order valence-electron chi connectivity index (χ0n) is 14.2. The van der Waals surface area contributed by atoms with Gasteiger partial charge in [-0.05, 0) is 38.5 Å². The maximum Gasteiger partial charge on any atom is 0.303 e. The van der Waals surface area contributed by atoms with Gasteiger partial charge in [-0.2, -0.15) is 5.10 Å². The van der Waals surface area contributed by atoms with E-state index in [1.54, 1.807) is 4.68 Å². The van der Waals surface area contributed by atoms with Crippen LogP contribution in [0.1, 0.15) is 31.7 Å². The number of aryl methyl sites for hydroxylation is 2. The molecule has 0 radical (unpaired) electrons. The predicted octanol–water partition coefficient (Wildman–Crippen LogP) is 3.11. The van der Waals surface area contributed by atoms with Crippen LogP contribution in [0.2, 0.25) is 0 Å². The van der Waals surface area contributed by atoms with E-state index in [1.807, 2.05) is 38.1 Å². The van der Waals surface area contributed by atoms with Crippen LogP contribution >= 0.6 is 0 Å². The first-order valence-electron chi connectivity index (χ1n) is 8.27. The smallest absolute Gasteiger partial charge is 0.303 e. The van der Waals surface area contributed by atoms with Gasteiger partial charge in [-0.15, -0.1) is 0 Å². The molecule has 0 aliphatic heterocycles. The third-order valence-electron chi connectivity index (χ3n) is 4.02. The van der Waals surface area contributed by atoms with Crippen LogP contribution < -0.4 is 5.32 Å². The molecule has 1 amide bonds. The van der Waals surface area contributed by atoms with Crippen LogP contribution in [0, 0.1) is 6.92 Å². The van der Waals surface area contributed by atoms with Gasteiger partial charge in [0.15, 0.2) is 11.5 Å². The molecule has 7 heteroatoms. The van der Waals surface area contributed by atoms with Gasteiger partial charge in [0.1, 0.15) is 0 Å². The quantitative estimate of drug-likeness (QED) is 0.718. The summed E-state index contributed by atoms with van der Waals surface area (Å²) in [7, 11) is 0. The van der Waals surface area contributed by atoms with E-state index in [9.17, 15) is 9.59 Å². The Labute approximate surface area is 144 Å². The zero-order valence-corrected chi connectivity index (χ0v) is 14.2. The van der Waals surface area contributed by atoms with Crippen molar-refractivity contribution in [2.75, 3.05) is 5.32 Å². The normalized spacial score (nSPS) is 11.1. The molecule has 130 valence electrons. The first-order valence-corrected chi connectivity index (χ1v) is 8.27. The highest BCUT2D eigenvalue weighted by Crippen LogP contribution is 2.26. The Morgan fingerprint density at radius 2 is 2.04 bits per heavy atom. The van der Waals surface area contributed by atoms with E-state index in [2.05, 4.69) is 15.4 Å². The van der Waals surface area contributed by atoms with Crippen molar-refractivity contribution in [3.63, 3.8) is 0 Å². The fraction of sp³-hybridized carbons (Fsp3) is 0.333. The maximum absolute atomic E-state index is 12.1. The second-order valence-corrected chi connectivity index (χ2v) is 6.02. The van der Waals surface area contributed by atoms with E-state index in [1.165, 1.54) is 0 Å². The van der Waals surface area contributed by atoms with Crippen LogP contribution in [-0.4, -0.2) is 31.7 Å². The summed E-state index contributed by atoms with van der Waals surface area (Å²) in [5.74, 6) is -0.680. The number of carbonyl (C=O) groups is 2. The third-order valence-corrected chi connectivity index (χ3v) is 4.02. The number of rotatable bonds is 6. The minimum Gasteiger partial charge on any atom is -0.481 e. The number of carboxylic acid groups (broad SMARTS) is 1. The number of anilines is 1. The van der Waals surface area contributed by atoms with Gasteiger partial charge in [-0.1, -0.05) is 11.6 Å². The number of hydrogen-bond acceptors (Lipinski definition) is 4. The lowest BCUT2D eigenvalue weighted by atomic mass is 10.1. The number of hydrogen-bond donors (Lipinski definition) is 2. The van der Waals surface area contributed by atoms with Gasteiger partial charge < -0.3 is 10.4 Å². The summed E-state index contributed by atoms with van der Waals surface area (Å²) in [6.45, 7) is 4.62. The van der Waals surface area contributed by atoms with Crippen molar-refractivity contribution >= 4 is 39.6 Å². The van der Waals surface area contributed by atoms with Gasteiger partial charge in [0.05, 0.1) is 10.9 Å². The molecule has 0 aliphatic rings. The fourth-order valence-electron chi connectivity index (χ4n) is 2.79. The summed E-state index contributed by atoms with van der Waals surface area (Å²) in [4.78, 5) is 27.3. The molecule has 0 saturated carbocycles. The van der Waals surface area contributed by atoms with Crippen LogP contribution in [0.25, 0.3) is 21.9 Å². The van der Waals surface area contributed by atoms with Crippen LogP contribution in [0.4, 0.5) is 5.82 Å². The second kappa shape index (κ2) is 6.88. The van der Waals surface area contributed by atoms with E-state index >= 15 is 0 Å². The van der Waals surface area contributed by atoms with Crippen molar-refractivity contribution in [2.45, 2.75) is 39.7 Å². The lowest BCUT2D eigenvalue weighted by molar-refractivity contribution is -0.137. The summed E-state index contributed by atoms with van der Waals surface area (Å²) in [5.41, 5.74) is 2.74. The van der Waals surface area contributed by atoms with Crippen LogP contribution in [0.15, 0.2) is 24.3 Å². The molecule has 0 bridgehead atoms. The molecular formula is C18H20N4O3. The molecule has 0 spiro atoms. The summed E-state index contributed by atoms with van der Waals surface area (Å²) < 4.78 is 1.75. The first kappa shape index (κ1) is 16.9. The molecule has 2 heterocycles. The Hall–Kier alpha value is -2.96. The molecule has 2 aromatic heterocycles.